The van der Waals surface area contributed by atoms with Gasteiger partial charge in [-0.25, -0.2) is 9.78 Å². The molecule has 0 bridgehead atoms. The molecule has 3 aromatic heterocycles. The largest absolute Gasteiger partial charge is 0.339 e. The molecule has 31 heavy (non-hydrogen) atoms. The molecule has 0 atom stereocenters. The number of benzene rings is 2. The molecule has 0 unspecified atom stereocenters. The molecule has 0 aliphatic heterocycles. The molecule has 9 heteroatoms. The van der Waals surface area contributed by atoms with E-state index in [1.165, 1.54) is 10.9 Å². The van der Waals surface area contributed by atoms with Crippen molar-refractivity contribution in [3.63, 3.8) is 0 Å². The summed E-state index contributed by atoms with van der Waals surface area (Å²) in [6.07, 6.45) is 3.58. The monoisotopic (exact) mass is 414 g/mol. The number of para-hydroxylation sites is 1. The normalized spacial score (nSPS) is 11.3. The van der Waals surface area contributed by atoms with Gasteiger partial charge in [0.1, 0.15) is 0 Å². The Hall–Kier alpha value is -4.27. The van der Waals surface area contributed by atoms with Crippen LogP contribution < -0.4 is 11.2 Å². The van der Waals surface area contributed by atoms with Crippen LogP contribution in [0.3, 0.4) is 0 Å². The van der Waals surface area contributed by atoms with Gasteiger partial charge in [0.05, 0.1) is 22.9 Å². The summed E-state index contributed by atoms with van der Waals surface area (Å²) in [4.78, 5) is 36.1. The number of nitrogens with zero attached hydrogens (tertiary/aromatic N) is 5. The van der Waals surface area contributed by atoms with Crippen LogP contribution in [0.25, 0.3) is 28.0 Å². The number of aryl methyl sites for hydroxylation is 3. The number of nitrogens with one attached hydrogen (secondary N) is 1. The van der Waals surface area contributed by atoms with Crippen molar-refractivity contribution in [3.05, 3.63) is 93.5 Å². The highest BCUT2D eigenvalue weighted by atomic mass is 16.5. The molecular formula is C22H18N6O3. The Kier molecular flexibility index (Phi) is 4.55. The zero-order valence-electron chi connectivity index (χ0n) is 16.6. The number of H-pyrrole nitrogens is 1. The number of hydrogen-bond donors (Lipinski definition) is 1. The third-order valence-electron chi connectivity index (χ3n) is 5.09. The summed E-state index contributed by atoms with van der Waals surface area (Å²) in [5, 5.41) is 4.63. The summed E-state index contributed by atoms with van der Waals surface area (Å²) in [6, 6.07) is 14.6. The second kappa shape index (κ2) is 7.52. The molecule has 9 nitrogen and oxygen atoms in total. The Morgan fingerprint density at radius 2 is 1.97 bits per heavy atom. The van der Waals surface area contributed by atoms with E-state index < -0.39 is 0 Å². The standard InChI is InChI=1S/C22H18N6O3/c1-14-12-23-22(30)28(14)16-6-4-5-15(11-16)20-25-19(31-26-20)9-10-27-13-24-18-8-3-2-7-17(18)21(27)29/h2-8,11-13H,9-10H2,1H3,(H,23,30). The molecule has 0 fully saturated rings. The fourth-order valence-corrected chi connectivity index (χ4v) is 3.52. The maximum absolute atomic E-state index is 12.6. The number of imidazole rings is 1. The van der Waals surface area contributed by atoms with Crippen LogP contribution in [0.15, 0.2) is 75.2 Å². The van der Waals surface area contributed by atoms with Crippen LogP contribution in [-0.4, -0.2) is 29.2 Å². The van der Waals surface area contributed by atoms with Gasteiger partial charge in [0.2, 0.25) is 11.7 Å². The van der Waals surface area contributed by atoms with Gasteiger partial charge in [-0.1, -0.05) is 29.4 Å². The highest BCUT2D eigenvalue weighted by Gasteiger charge is 2.12. The Morgan fingerprint density at radius 1 is 1.10 bits per heavy atom. The van der Waals surface area contributed by atoms with E-state index in [2.05, 4.69) is 20.1 Å². The number of hydrogen-bond acceptors (Lipinski definition) is 6. The number of aromatic nitrogens is 6. The van der Waals surface area contributed by atoms with E-state index in [9.17, 15) is 9.59 Å². The van der Waals surface area contributed by atoms with Crippen molar-refractivity contribution < 1.29 is 4.52 Å². The quantitative estimate of drug-likeness (QED) is 0.473. The van der Waals surface area contributed by atoms with Gasteiger partial charge in [0.25, 0.3) is 5.56 Å². The summed E-state index contributed by atoms with van der Waals surface area (Å²) in [5.74, 6) is 0.831. The van der Waals surface area contributed by atoms with Crippen molar-refractivity contribution in [1.29, 1.82) is 0 Å². The molecule has 0 aliphatic rings. The van der Waals surface area contributed by atoms with E-state index >= 15 is 0 Å². The van der Waals surface area contributed by atoms with Crippen LogP contribution in [0.4, 0.5) is 0 Å². The van der Waals surface area contributed by atoms with Crippen LogP contribution >= 0.6 is 0 Å². The van der Waals surface area contributed by atoms with Crippen molar-refractivity contribution in [2.24, 2.45) is 0 Å². The molecular weight excluding hydrogens is 396 g/mol. The van der Waals surface area contributed by atoms with Gasteiger partial charge in [-0.15, -0.1) is 0 Å². The predicted octanol–water partition coefficient (Wildman–Crippen LogP) is 2.48. The van der Waals surface area contributed by atoms with Gasteiger partial charge in [0, 0.05) is 30.4 Å². The van der Waals surface area contributed by atoms with Crippen LogP contribution in [0, 0.1) is 6.92 Å². The molecule has 5 rings (SSSR count). The topological polar surface area (TPSA) is 112 Å². The molecule has 5 aromatic rings. The molecule has 2 aromatic carbocycles. The van der Waals surface area contributed by atoms with Gasteiger partial charge >= 0.3 is 5.69 Å². The summed E-state index contributed by atoms with van der Waals surface area (Å²) in [6.45, 7) is 2.22. The fourth-order valence-electron chi connectivity index (χ4n) is 3.52. The lowest BCUT2D eigenvalue weighted by Gasteiger charge is -2.05. The highest BCUT2D eigenvalue weighted by molar-refractivity contribution is 5.76. The lowest BCUT2D eigenvalue weighted by molar-refractivity contribution is 0.371. The van der Waals surface area contributed by atoms with Gasteiger partial charge in [-0.05, 0) is 31.2 Å². The van der Waals surface area contributed by atoms with E-state index in [4.69, 9.17) is 4.52 Å². The molecule has 1 N–H and O–H groups in total. The Morgan fingerprint density at radius 3 is 2.81 bits per heavy atom. The second-order valence-corrected chi connectivity index (χ2v) is 7.14. The van der Waals surface area contributed by atoms with Gasteiger partial charge in [-0.2, -0.15) is 4.98 Å². The fraction of sp³-hybridized carbons (Fsp3) is 0.136. The van der Waals surface area contributed by atoms with Crippen molar-refractivity contribution >= 4 is 10.9 Å². The zero-order valence-corrected chi connectivity index (χ0v) is 16.6. The molecule has 0 saturated heterocycles. The highest BCUT2D eigenvalue weighted by Crippen LogP contribution is 2.20. The molecule has 3 heterocycles. The Balaban J connectivity index is 1.38. The summed E-state index contributed by atoms with van der Waals surface area (Å²) in [5.41, 5.74) is 2.58. The van der Waals surface area contributed by atoms with Gasteiger partial charge < -0.3 is 9.51 Å². The van der Waals surface area contributed by atoms with Crippen molar-refractivity contribution in [1.82, 2.24) is 29.2 Å². The first-order valence-corrected chi connectivity index (χ1v) is 9.75. The molecule has 0 amide bonds. The smallest absolute Gasteiger partial charge is 0.330 e. The third-order valence-corrected chi connectivity index (χ3v) is 5.09. The average molecular weight is 414 g/mol. The van der Waals surface area contributed by atoms with Crippen LogP contribution in [0.2, 0.25) is 0 Å². The van der Waals surface area contributed by atoms with E-state index in [0.29, 0.717) is 41.3 Å². The van der Waals surface area contributed by atoms with Crippen LogP contribution in [0.1, 0.15) is 11.6 Å². The molecule has 0 spiro atoms. The molecule has 0 saturated carbocycles. The minimum absolute atomic E-state index is 0.106. The minimum atomic E-state index is -0.210. The number of fused-ring (bicyclic) bond motifs is 1. The lowest BCUT2D eigenvalue weighted by atomic mass is 10.2. The molecule has 154 valence electrons. The van der Waals surface area contributed by atoms with Crippen molar-refractivity contribution in [2.45, 2.75) is 19.9 Å². The zero-order chi connectivity index (χ0) is 21.4. The maximum Gasteiger partial charge on any atom is 0.330 e. The average Bonchev–Trinajstić information content (AvgIpc) is 3.40. The summed E-state index contributed by atoms with van der Waals surface area (Å²) < 4.78 is 8.48. The van der Waals surface area contributed by atoms with E-state index in [-0.39, 0.29) is 11.2 Å². The first-order valence-electron chi connectivity index (χ1n) is 9.75. The molecule has 0 aliphatic carbocycles. The Labute approximate surface area is 175 Å². The van der Waals surface area contributed by atoms with Crippen molar-refractivity contribution in [2.75, 3.05) is 0 Å². The number of aromatic amines is 1. The summed E-state index contributed by atoms with van der Waals surface area (Å²) in [7, 11) is 0. The van der Waals surface area contributed by atoms with E-state index in [1.807, 2.05) is 49.4 Å². The van der Waals surface area contributed by atoms with Crippen molar-refractivity contribution in [3.8, 4) is 17.1 Å². The van der Waals surface area contributed by atoms with Gasteiger partial charge in [0.15, 0.2) is 0 Å². The van der Waals surface area contributed by atoms with Crippen LogP contribution in [0.5, 0.6) is 0 Å². The maximum atomic E-state index is 12.6. The molecule has 0 radical (unpaired) electrons. The van der Waals surface area contributed by atoms with Gasteiger partial charge in [-0.3, -0.25) is 13.9 Å². The first kappa shape index (κ1) is 18.7. The van der Waals surface area contributed by atoms with E-state index in [1.54, 1.807) is 16.8 Å². The lowest BCUT2D eigenvalue weighted by Crippen LogP contribution is -2.21. The summed E-state index contributed by atoms with van der Waals surface area (Å²) >= 11 is 0. The van der Waals surface area contributed by atoms with E-state index in [0.717, 1.165) is 11.3 Å². The number of rotatable bonds is 5. The first-order chi connectivity index (χ1) is 15.1. The Bertz CT molecular complexity index is 1510. The predicted molar refractivity (Wildman–Crippen MR) is 114 cm³/mol. The third kappa shape index (κ3) is 3.46. The SMILES string of the molecule is Cc1c[nH]c(=O)n1-c1cccc(-c2noc(CCn3cnc4ccccc4c3=O)n2)c1. The van der Waals surface area contributed by atoms with Crippen LogP contribution in [-0.2, 0) is 13.0 Å². The minimum Gasteiger partial charge on any atom is -0.339 e. The second-order valence-electron chi connectivity index (χ2n) is 7.14.